The third-order valence-electron chi connectivity index (χ3n) is 5.69. The van der Waals surface area contributed by atoms with Gasteiger partial charge in [0.15, 0.2) is 0 Å². The molecule has 0 aromatic carbocycles. The summed E-state index contributed by atoms with van der Waals surface area (Å²) in [4.78, 5) is 5.52. The normalized spacial score (nSPS) is 34.4. The molecule has 3 aliphatic rings. The summed E-state index contributed by atoms with van der Waals surface area (Å²) < 4.78 is 0. The fourth-order valence-electron chi connectivity index (χ4n) is 4.10. The van der Waals surface area contributed by atoms with Crippen molar-refractivity contribution in [1.82, 2.24) is 9.80 Å². The van der Waals surface area contributed by atoms with Crippen LogP contribution in [0.25, 0.3) is 0 Å². The Kier molecular flexibility index (Phi) is 5.17. The van der Waals surface area contributed by atoms with E-state index in [0.29, 0.717) is 0 Å². The van der Waals surface area contributed by atoms with Crippen molar-refractivity contribution in [2.45, 2.75) is 57.4 Å². The quantitative estimate of drug-likeness (QED) is 0.725. The van der Waals surface area contributed by atoms with Gasteiger partial charge in [0, 0.05) is 38.8 Å². The molecule has 114 valence electrons. The molecule has 0 unspecified atom stereocenters. The van der Waals surface area contributed by atoms with E-state index in [2.05, 4.69) is 22.5 Å². The highest BCUT2D eigenvalue weighted by Gasteiger charge is 2.28. The van der Waals surface area contributed by atoms with Gasteiger partial charge in [0.1, 0.15) is 0 Å². The van der Waals surface area contributed by atoms with Crippen LogP contribution < -0.4 is 0 Å². The van der Waals surface area contributed by atoms with Gasteiger partial charge in [-0.05, 0) is 50.4 Å². The SMILES string of the molecule is C=CC1CCCC(N2CCN(CC3CC3)CC2)CCC1. The molecule has 3 fully saturated rings. The topological polar surface area (TPSA) is 6.48 Å². The molecule has 0 radical (unpaired) electrons. The van der Waals surface area contributed by atoms with Crippen LogP contribution >= 0.6 is 0 Å². The number of hydrogen-bond donors (Lipinski definition) is 0. The molecule has 0 amide bonds. The summed E-state index contributed by atoms with van der Waals surface area (Å²) in [6, 6.07) is 0.879. The minimum Gasteiger partial charge on any atom is -0.301 e. The Morgan fingerprint density at radius 1 is 0.850 bits per heavy atom. The molecule has 0 N–H and O–H groups in total. The minimum atomic E-state index is 0.798. The molecule has 0 atom stereocenters. The van der Waals surface area contributed by atoms with Gasteiger partial charge in [-0.15, -0.1) is 6.58 Å². The van der Waals surface area contributed by atoms with E-state index in [-0.39, 0.29) is 0 Å². The van der Waals surface area contributed by atoms with E-state index in [1.54, 1.807) is 0 Å². The molecule has 1 aliphatic heterocycles. The molecule has 0 spiro atoms. The summed E-state index contributed by atoms with van der Waals surface area (Å²) in [7, 11) is 0. The lowest BCUT2D eigenvalue weighted by atomic mass is 9.88. The predicted molar refractivity (Wildman–Crippen MR) is 85.9 cm³/mol. The molecular weight excluding hydrogens is 244 g/mol. The number of allylic oxidation sites excluding steroid dienone is 1. The Morgan fingerprint density at radius 3 is 2.05 bits per heavy atom. The largest absolute Gasteiger partial charge is 0.301 e. The second-order valence-electron chi connectivity index (χ2n) is 7.29. The van der Waals surface area contributed by atoms with Gasteiger partial charge in [-0.25, -0.2) is 0 Å². The van der Waals surface area contributed by atoms with Crippen molar-refractivity contribution >= 4 is 0 Å². The summed E-state index contributed by atoms with van der Waals surface area (Å²) in [5, 5.41) is 0. The van der Waals surface area contributed by atoms with Crippen LogP contribution in [0.2, 0.25) is 0 Å². The Bertz CT molecular complexity index is 293. The highest BCUT2D eigenvalue weighted by atomic mass is 15.3. The first-order valence-electron chi connectivity index (χ1n) is 8.94. The molecule has 2 nitrogen and oxygen atoms in total. The molecule has 0 aromatic heterocycles. The molecule has 1 heterocycles. The summed E-state index contributed by atoms with van der Waals surface area (Å²) in [5.41, 5.74) is 0. The van der Waals surface area contributed by atoms with E-state index in [1.165, 1.54) is 84.1 Å². The van der Waals surface area contributed by atoms with E-state index in [9.17, 15) is 0 Å². The van der Waals surface area contributed by atoms with Crippen LogP contribution in [0.15, 0.2) is 12.7 Å². The van der Waals surface area contributed by atoms with Crippen molar-refractivity contribution in [1.29, 1.82) is 0 Å². The van der Waals surface area contributed by atoms with Crippen molar-refractivity contribution < 1.29 is 0 Å². The highest BCUT2D eigenvalue weighted by Crippen LogP contribution is 2.30. The minimum absolute atomic E-state index is 0.798. The van der Waals surface area contributed by atoms with Gasteiger partial charge in [-0.2, -0.15) is 0 Å². The Labute approximate surface area is 125 Å². The number of rotatable bonds is 4. The van der Waals surface area contributed by atoms with Crippen molar-refractivity contribution in [3.05, 3.63) is 12.7 Å². The van der Waals surface area contributed by atoms with Crippen molar-refractivity contribution in [2.75, 3.05) is 32.7 Å². The fraction of sp³-hybridized carbons (Fsp3) is 0.889. The first kappa shape index (κ1) is 14.6. The van der Waals surface area contributed by atoms with Gasteiger partial charge >= 0.3 is 0 Å². The zero-order chi connectivity index (χ0) is 13.8. The summed E-state index contributed by atoms with van der Waals surface area (Å²) in [6.45, 7) is 10.7. The fourth-order valence-corrected chi connectivity index (χ4v) is 4.10. The predicted octanol–water partition coefficient (Wildman–Crippen LogP) is 3.54. The van der Waals surface area contributed by atoms with Crippen LogP contribution in [0.1, 0.15) is 51.4 Å². The van der Waals surface area contributed by atoms with Crippen molar-refractivity contribution in [2.24, 2.45) is 11.8 Å². The van der Waals surface area contributed by atoms with E-state index in [4.69, 9.17) is 0 Å². The van der Waals surface area contributed by atoms with Gasteiger partial charge in [-0.3, -0.25) is 4.90 Å². The third-order valence-corrected chi connectivity index (χ3v) is 5.69. The second kappa shape index (κ2) is 7.09. The number of hydrogen-bond acceptors (Lipinski definition) is 2. The average Bonchev–Trinajstić information content (AvgIpc) is 3.24. The smallest absolute Gasteiger partial charge is 0.0113 e. The molecule has 1 saturated heterocycles. The van der Waals surface area contributed by atoms with Crippen molar-refractivity contribution in [3.63, 3.8) is 0 Å². The monoisotopic (exact) mass is 276 g/mol. The van der Waals surface area contributed by atoms with E-state index in [1.807, 2.05) is 0 Å². The van der Waals surface area contributed by atoms with Gasteiger partial charge in [0.05, 0.1) is 0 Å². The maximum absolute atomic E-state index is 3.99. The maximum atomic E-state index is 3.99. The Balaban J connectivity index is 1.41. The highest BCUT2D eigenvalue weighted by molar-refractivity contribution is 4.86. The Hall–Kier alpha value is -0.340. The molecule has 2 aliphatic carbocycles. The number of piperazine rings is 1. The molecule has 3 rings (SSSR count). The Morgan fingerprint density at radius 2 is 1.50 bits per heavy atom. The average molecular weight is 276 g/mol. The molecule has 2 saturated carbocycles. The summed E-state index contributed by atoms with van der Waals surface area (Å²) in [5.74, 6) is 1.85. The zero-order valence-electron chi connectivity index (χ0n) is 13.1. The van der Waals surface area contributed by atoms with Gasteiger partial charge < -0.3 is 4.90 Å². The maximum Gasteiger partial charge on any atom is 0.0113 e. The second-order valence-corrected chi connectivity index (χ2v) is 7.29. The van der Waals surface area contributed by atoms with Crippen LogP contribution in [-0.4, -0.2) is 48.6 Å². The van der Waals surface area contributed by atoms with Crippen molar-refractivity contribution in [3.8, 4) is 0 Å². The molecule has 0 bridgehead atoms. The van der Waals surface area contributed by atoms with Gasteiger partial charge in [0.25, 0.3) is 0 Å². The van der Waals surface area contributed by atoms with E-state index >= 15 is 0 Å². The lowest BCUT2D eigenvalue weighted by Crippen LogP contribution is -2.50. The van der Waals surface area contributed by atoms with Gasteiger partial charge in [0.2, 0.25) is 0 Å². The summed E-state index contributed by atoms with van der Waals surface area (Å²) >= 11 is 0. The lowest BCUT2D eigenvalue weighted by Gasteiger charge is -2.40. The first-order valence-corrected chi connectivity index (χ1v) is 8.94. The van der Waals surface area contributed by atoms with Crippen LogP contribution in [0, 0.1) is 11.8 Å². The lowest BCUT2D eigenvalue weighted by molar-refractivity contribution is 0.0800. The molecule has 2 heteroatoms. The zero-order valence-corrected chi connectivity index (χ0v) is 13.1. The molecule has 20 heavy (non-hydrogen) atoms. The number of nitrogens with zero attached hydrogens (tertiary/aromatic N) is 2. The van der Waals surface area contributed by atoms with E-state index < -0.39 is 0 Å². The van der Waals surface area contributed by atoms with Crippen LogP contribution in [0.5, 0.6) is 0 Å². The standard InChI is InChI=1S/C18H32N2/c1-2-16-5-3-7-18(8-4-6-16)20-13-11-19(12-14-20)15-17-9-10-17/h2,16-18H,1,3-15H2. The van der Waals surface area contributed by atoms with Crippen LogP contribution in [0.4, 0.5) is 0 Å². The van der Waals surface area contributed by atoms with E-state index in [0.717, 1.165) is 17.9 Å². The van der Waals surface area contributed by atoms with Crippen LogP contribution in [-0.2, 0) is 0 Å². The first-order chi connectivity index (χ1) is 9.85. The summed E-state index contributed by atoms with van der Waals surface area (Å²) in [6.07, 6.45) is 13.6. The third kappa shape index (κ3) is 4.08. The van der Waals surface area contributed by atoms with Gasteiger partial charge in [-0.1, -0.05) is 18.9 Å². The molecular formula is C18H32N2. The molecule has 0 aromatic rings. The van der Waals surface area contributed by atoms with Crippen LogP contribution in [0.3, 0.4) is 0 Å².